The zero-order valence-corrected chi connectivity index (χ0v) is 20.2. The van der Waals surface area contributed by atoms with Gasteiger partial charge in [-0.25, -0.2) is 0 Å². The van der Waals surface area contributed by atoms with Crippen LogP contribution in [-0.2, 0) is 16.0 Å². The number of amides is 1. The summed E-state index contributed by atoms with van der Waals surface area (Å²) >= 11 is 0. The van der Waals surface area contributed by atoms with E-state index in [1.807, 2.05) is 30.0 Å². The van der Waals surface area contributed by atoms with Crippen LogP contribution in [-0.4, -0.2) is 43.1 Å². The Labute approximate surface area is 197 Å². The van der Waals surface area contributed by atoms with E-state index < -0.39 is 5.97 Å². The molecule has 0 aromatic heterocycles. The molecule has 0 saturated heterocycles. The predicted octanol–water partition coefficient (Wildman–Crippen LogP) is 5.43. The monoisotopic (exact) mass is 455 g/mol. The Morgan fingerprint density at radius 2 is 1.55 bits per heavy atom. The Hall–Kier alpha value is -3.02. The summed E-state index contributed by atoms with van der Waals surface area (Å²) in [4.78, 5) is 26.9. The van der Waals surface area contributed by atoms with Gasteiger partial charge >= 0.3 is 5.97 Å². The largest absolute Gasteiger partial charge is 0.490 e. The minimum atomic E-state index is -0.390. The molecule has 0 saturated carbocycles. The van der Waals surface area contributed by atoms with Crippen LogP contribution in [0.4, 0.5) is 0 Å². The summed E-state index contributed by atoms with van der Waals surface area (Å²) in [6.45, 7) is 7.37. The van der Waals surface area contributed by atoms with E-state index in [1.54, 1.807) is 25.1 Å². The van der Waals surface area contributed by atoms with Gasteiger partial charge in [0.2, 0.25) is 5.75 Å². The third kappa shape index (κ3) is 9.16. The molecule has 180 valence electrons. The molecule has 0 aliphatic carbocycles. The summed E-state index contributed by atoms with van der Waals surface area (Å²) in [5.74, 6) is 0.489. The summed E-state index contributed by atoms with van der Waals surface area (Å²) in [5.41, 5.74) is 1.20. The highest BCUT2D eigenvalue weighted by Crippen LogP contribution is 2.37. The minimum absolute atomic E-state index is 0.0861. The molecule has 2 aromatic carbocycles. The second-order valence-corrected chi connectivity index (χ2v) is 7.81. The number of para-hydroxylation sites is 1. The standard InChI is InChI=1S/C27H37NO5/c1-4-7-8-12-19-28(20-18-22-14-10-9-11-15-22)25(29)21-32-24-17-13-16-23(31-6-3)27(24)33-26(30)5-2/h9-11,13-17H,4-8,12,18-21H2,1-3H3. The van der Waals surface area contributed by atoms with Gasteiger partial charge in [0.1, 0.15) is 0 Å². The maximum absolute atomic E-state index is 13.1. The smallest absolute Gasteiger partial charge is 0.311 e. The molecular formula is C27H37NO5. The first-order valence-corrected chi connectivity index (χ1v) is 12.0. The fourth-order valence-corrected chi connectivity index (χ4v) is 3.40. The predicted molar refractivity (Wildman–Crippen MR) is 130 cm³/mol. The third-order valence-electron chi connectivity index (χ3n) is 5.25. The molecule has 0 aliphatic heterocycles. The molecule has 6 nitrogen and oxygen atoms in total. The fourth-order valence-electron chi connectivity index (χ4n) is 3.40. The Morgan fingerprint density at radius 3 is 2.21 bits per heavy atom. The average molecular weight is 456 g/mol. The van der Waals surface area contributed by atoms with Gasteiger partial charge < -0.3 is 19.1 Å². The van der Waals surface area contributed by atoms with Gasteiger partial charge in [-0.3, -0.25) is 9.59 Å². The van der Waals surface area contributed by atoms with Crippen molar-refractivity contribution in [1.82, 2.24) is 4.90 Å². The first kappa shape index (κ1) is 26.2. The van der Waals surface area contributed by atoms with E-state index in [0.717, 1.165) is 32.1 Å². The highest BCUT2D eigenvalue weighted by Gasteiger charge is 2.19. The molecule has 2 rings (SSSR count). The van der Waals surface area contributed by atoms with E-state index in [9.17, 15) is 9.59 Å². The van der Waals surface area contributed by atoms with Crippen molar-refractivity contribution in [1.29, 1.82) is 0 Å². The van der Waals surface area contributed by atoms with Gasteiger partial charge in [0, 0.05) is 19.5 Å². The molecule has 0 unspecified atom stereocenters. The van der Waals surface area contributed by atoms with Crippen LogP contribution >= 0.6 is 0 Å². The summed E-state index contributed by atoms with van der Waals surface area (Å²) in [5, 5.41) is 0. The molecule has 0 N–H and O–H groups in total. The normalized spacial score (nSPS) is 10.5. The summed E-state index contributed by atoms with van der Waals surface area (Å²) < 4.78 is 16.9. The summed E-state index contributed by atoms with van der Waals surface area (Å²) in [6.07, 6.45) is 5.39. The first-order chi connectivity index (χ1) is 16.1. The number of nitrogens with zero attached hydrogens (tertiary/aromatic N) is 1. The van der Waals surface area contributed by atoms with Crippen LogP contribution in [0.25, 0.3) is 0 Å². The van der Waals surface area contributed by atoms with Crippen LogP contribution in [0.3, 0.4) is 0 Å². The number of rotatable bonds is 15. The van der Waals surface area contributed by atoms with E-state index in [2.05, 4.69) is 19.1 Å². The second kappa shape index (κ2) is 14.9. The highest BCUT2D eigenvalue weighted by atomic mass is 16.6. The number of hydrogen-bond acceptors (Lipinski definition) is 5. The summed E-state index contributed by atoms with van der Waals surface area (Å²) in [6, 6.07) is 15.3. The maximum Gasteiger partial charge on any atom is 0.311 e. The van der Waals surface area contributed by atoms with Crippen molar-refractivity contribution < 1.29 is 23.8 Å². The molecule has 0 spiro atoms. The van der Waals surface area contributed by atoms with Gasteiger partial charge in [0.15, 0.2) is 18.1 Å². The van der Waals surface area contributed by atoms with Crippen LogP contribution in [0.1, 0.15) is 58.4 Å². The van der Waals surface area contributed by atoms with Gasteiger partial charge in [-0.2, -0.15) is 0 Å². The zero-order valence-electron chi connectivity index (χ0n) is 20.2. The molecule has 0 fully saturated rings. The molecular weight excluding hydrogens is 418 g/mol. The SMILES string of the molecule is CCCCCCN(CCc1ccccc1)C(=O)COc1cccc(OCC)c1OC(=O)CC. The molecule has 33 heavy (non-hydrogen) atoms. The molecule has 6 heteroatoms. The van der Waals surface area contributed by atoms with Crippen molar-refractivity contribution in [3.8, 4) is 17.2 Å². The fraction of sp³-hybridized carbons (Fsp3) is 0.481. The highest BCUT2D eigenvalue weighted by molar-refractivity contribution is 5.78. The minimum Gasteiger partial charge on any atom is -0.490 e. The van der Waals surface area contributed by atoms with Crippen LogP contribution in [0, 0.1) is 0 Å². The van der Waals surface area contributed by atoms with Crippen LogP contribution in [0.15, 0.2) is 48.5 Å². The van der Waals surface area contributed by atoms with E-state index in [-0.39, 0.29) is 24.7 Å². The quantitative estimate of drug-likeness (QED) is 0.203. The van der Waals surface area contributed by atoms with E-state index >= 15 is 0 Å². The van der Waals surface area contributed by atoms with Crippen molar-refractivity contribution in [3.63, 3.8) is 0 Å². The lowest BCUT2D eigenvalue weighted by Crippen LogP contribution is -2.37. The average Bonchev–Trinajstić information content (AvgIpc) is 2.84. The van der Waals surface area contributed by atoms with Crippen molar-refractivity contribution in [2.45, 2.75) is 59.3 Å². The maximum atomic E-state index is 13.1. The van der Waals surface area contributed by atoms with Gasteiger partial charge in [-0.05, 0) is 37.5 Å². The van der Waals surface area contributed by atoms with Crippen LogP contribution in [0.5, 0.6) is 17.2 Å². The molecule has 0 heterocycles. The first-order valence-electron chi connectivity index (χ1n) is 12.0. The van der Waals surface area contributed by atoms with Gasteiger partial charge in [-0.15, -0.1) is 0 Å². The van der Waals surface area contributed by atoms with Crippen molar-refractivity contribution >= 4 is 11.9 Å². The van der Waals surface area contributed by atoms with Gasteiger partial charge in [0.25, 0.3) is 5.91 Å². The number of hydrogen-bond donors (Lipinski definition) is 0. The molecule has 0 aliphatic rings. The Kier molecular flexibility index (Phi) is 11.9. The van der Waals surface area contributed by atoms with Crippen molar-refractivity contribution in [3.05, 3.63) is 54.1 Å². The van der Waals surface area contributed by atoms with Crippen molar-refractivity contribution in [2.24, 2.45) is 0 Å². The molecule has 1 amide bonds. The lowest BCUT2D eigenvalue weighted by molar-refractivity contribution is -0.134. The number of carbonyl (C=O) groups excluding carboxylic acids is 2. The molecule has 2 aromatic rings. The Balaban J connectivity index is 2.07. The number of unbranched alkanes of at least 4 members (excludes halogenated alkanes) is 3. The van der Waals surface area contributed by atoms with E-state index in [0.29, 0.717) is 31.2 Å². The lowest BCUT2D eigenvalue weighted by atomic mass is 10.1. The molecule has 0 radical (unpaired) electrons. The Morgan fingerprint density at radius 1 is 0.818 bits per heavy atom. The Bertz CT molecular complexity index is 853. The van der Waals surface area contributed by atoms with Gasteiger partial charge in [-0.1, -0.05) is 69.5 Å². The van der Waals surface area contributed by atoms with Gasteiger partial charge in [0.05, 0.1) is 6.61 Å². The third-order valence-corrected chi connectivity index (χ3v) is 5.25. The number of benzene rings is 2. The van der Waals surface area contributed by atoms with Crippen LogP contribution in [0.2, 0.25) is 0 Å². The number of carbonyl (C=O) groups is 2. The van der Waals surface area contributed by atoms with Crippen LogP contribution < -0.4 is 14.2 Å². The topological polar surface area (TPSA) is 65.1 Å². The van der Waals surface area contributed by atoms with Crippen molar-refractivity contribution in [2.75, 3.05) is 26.3 Å². The number of ether oxygens (including phenoxy) is 3. The zero-order chi connectivity index (χ0) is 23.9. The second-order valence-electron chi connectivity index (χ2n) is 7.81. The molecule has 0 bridgehead atoms. The van der Waals surface area contributed by atoms with E-state index in [4.69, 9.17) is 14.2 Å². The summed E-state index contributed by atoms with van der Waals surface area (Å²) in [7, 11) is 0. The molecule has 0 atom stereocenters. The van der Waals surface area contributed by atoms with E-state index in [1.165, 1.54) is 5.56 Å². The number of esters is 1. The lowest BCUT2D eigenvalue weighted by Gasteiger charge is -2.23.